The monoisotopic (exact) mass is 229 g/mol. The SMILES string of the molecule is CCCC(C(=O)O)N1CC(C)OCC1CC. The molecule has 4 nitrogen and oxygen atoms in total. The van der Waals surface area contributed by atoms with E-state index in [1.165, 1.54) is 0 Å². The number of hydrogen-bond donors (Lipinski definition) is 1. The molecule has 3 atom stereocenters. The zero-order valence-electron chi connectivity index (χ0n) is 10.5. The van der Waals surface area contributed by atoms with Crippen molar-refractivity contribution in [2.24, 2.45) is 0 Å². The van der Waals surface area contributed by atoms with E-state index in [9.17, 15) is 9.90 Å². The van der Waals surface area contributed by atoms with Gasteiger partial charge in [-0.3, -0.25) is 9.69 Å². The molecule has 4 heteroatoms. The van der Waals surface area contributed by atoms with Crippen LogP contribution >= 0.6 is 0 Å². The van der Waals surface area contributed by atoms with Gasteiger partial charge in [0, 0.05) is 12.6 Å². The maximum atomic E-state index is 11.3. The van der Waals surface area contributed by atoms with E-state index in [-0.39, 0.29) is 18.2 Å². The predicted molar refractivity (Wildman–Crippen MR) is 62.5 cm³/mol. The third-order valence-corrected chi connectivity index (χ3v) is 3.23. The van der Waals surface area contributed by atoms with Gasteiger partial charge < -0.3 is 9.84 Å². The molecule has 0 aromatic carbocycles. The van der Waals surface area contributed by atoms with Crippen LogP contribution in [0.15, 0.2) is 0 Å². The lowest BCUT2D eigenvalue weighted by Gasteiger charge is -2.41. The highest BCUT2D eigenvalue weighted by Gasteiger charge is 2.34. The van der Waals surface area contributed by atoms with Gasteiger partial charge in [0.2, 0.25) is 0 Å². The molecule has 1 saturated heterocycles. The molecular formula is C12H23NO3. The van der Waals surface area contributed by atoms with Crippen LogP contribution in [0.2, 0.25) is 0 Å². The van der Waals surface area contributed by atoms with E-state index in [0.717, 1.165) is 25.8 Å². The lowest BCUT2D eigenvalue weighted by molar-refractivity contribution is -0.150. The maximum absolute atomic E-state index is 11.3. The Kier molecular flexibility index (Phi) is 5.22. The summed E-state index contributed by atoms with van der Waals surface area (Å²) in [4.78, 5) is 13.4. The minimum atomic E-state index is -0.700. The van der Waals surface area contributed by atoms with Gasteiger partial charge in [0.1, 0.15) is 6.04 Å². The van der Waals surface area contributed by atoms with Gasteiger partial charge in [-0.05, 0) is 19.8 Å². The molecule has 1 fully saturated rings. The predicted octanol–water partition coefficient (Wildman–Crippen LogP) is 1.74. The molecule has 0 aromatic rings. The van der Waals surface area contributed by atoms with Crippen molar-refractivity contribution < 1.29 is 14.6 Å². The summed E-state index contributed by atoms with van der Waals surface area (Å²) >= 11 is 0. The number of ether oxygens (including phenoxy) is 1. The second kappa shape index (κ2) is 6.21. The van der Waals surface area contributed by atoms with E-state index in [4.69, 9.17) is 4.74 Å². The Bertz CT molecular complexity index is 232. The van der Waals surface area contributed by atoms with Gasteiger partial charge in [0.25, 0.3) is 0 Å². The average molecular weight is 229 g/mol. The summed E-state index contributed by atoms with van der Waals surface area (Å²) in [7, 11) is 0. The highest BCUT2D eigenvalue weighted by atomic mass is 16.5. The lowest BCUT2D eigenvalue weighted by Crippen LogP contribution is -2.55. The van der Waals surface area contributed by atoms with E-state index in [0.29, 0.717) is 6.61 Å². The molecule has 0 amide bonds. The Hall–Kier alpha value is -0.610. The summed E-state index contributed by atoms with van der Waals surface area (Å²) in [6.07, 6.45) is 2.71. The number of carboxylic acids is 1. The first-order valence-electron chi connectivity index (χ1n) is 6.20. The summed E-state index contributed by atoms with van der Waals surface area (Å²) in [6, 6.07) is -0.0925. The van der Waals surface area contributed by atoms with Crippen molar-refractivity contribution in [1.82, 2.24) is 4.90 Å². The average Bonchev–Trinajstić information content (AvgIpc) is 2.25. The van der Waals surface area contributed by atoms with Gasteiger partial charge in [-0.2, -0.15) is 0 Å². The van der Waals surface area contributed by atoms with Crippen LogP contribution in [0.25, 0.3) is 0 Å². The third-order valence-electron chi connectivity index (χ3n) is 3.23. The van der Waals surface area contributed by atoms with Crippen molar-refractivity contribution in [1.29, 1.82) is 0 Å². The van der Waals surface area contributed by atoms with E-state index in [1.54, 1.807) is 0 Å². The Morgan fingerprint density at radius 1 is 1.56 bits per heavy atom. The minimum absolute atomic E-state index is 0.140. The van der Waals surface area contributed by atoms with Gasteiger partial charge in [0.05, 0.1) is 12.7 Å². The molecule has 0 spiro atoms. The van der Waals surface area contributed by atoms with Crippen molar-refractivity contribution in [2.75, 3.05) is 13.2 Å². The number of carbonyl (C=O) groups is 1. The van der Waals surface area contributed by atoms with E-state index in [1.807, 2.05) is 13.8 Å². The van der Waals surface area contributed by atoms with Crippen LogP contribution in [-0.2, 0) is 9.53 Å². The van der Waals surface area contributed by atoms with Gasteiger partial charge in [0.15, 0.2) is 0 Å². The Balaban J connectivity index is 2.73. The van der Waals surface area contributed by atoms with Gasteiger partial charge in [-0.25, -0.2) is 0 Å². The largest absolute Gasteiger partial charge is 0.480 e. The zero-order valence-corrected chi connectivity index (χ0v) is 10.5. The normalized spacial score (nSPS) is 28.9. The molecule has 1 aliphatic rings. The standard InChI is InChI=1S/C12H23NO3/c1-4-6-11(12(14)15)13-7-9(3)16-8-10(13)5-2/h9-11H,4-8H2,1-3H3,(H,14,15). The number of carboxylic acid groups (broad SMARTS) is 1. The first-order valence-corrected chi connectivity index (χ1v) is 6.20. The smallest absolute Gasteiger partial charge is 0.320 e. The van der Waals surface area contributed by atoms with Crippen LogP contribution in [0.1, 0.15) is 40.0 Å². The number of rotatable bonds is 5. The fourth-order valence-corrected chi connectivity index (χ4v) is 2.31. The van der Waals surface area contributed by atoms with Crippen molar-refractivity contribution >= 4 is 5.97 Å². The minimum Gasteiger partial charge on any atom is -0.480 e. The van der Waals surface area contributed by atoms with E-state index < -0.39 is 5.97 Å². The number of nitrogens with zero attached hydrogens (tertiary/aromatic N) is 1. The summed E-state index contributed by atoms with van der Waals surface area (Å²) < 4.78 is 5.58. The molecule has 0 saturated carbocycles. The molecule has 1 heterocycles. The van der Waals surface area contributed by atoms with Crippen molar-refractivity contribution in [3.63, 3.8) is 0 Å². The Labute approximate surface area is 97.6 Å². The van der Waals surface area contributed by atoms with Crippen LogP contribution in [-0.4, -0.2) is 47.3 Å². The molecule has 1 N–H and O–H groups in total. The number of hydrogen-bond acceptors (Lipinski definition) is 3. The number of aliphatic carboxylic acids is 1. The molecule has 0 aliphatic carbocycles. The van der Waals surface area contributed by atoms with E-state index in [2.05, 4.69) is 11.8 Å². The second-order valence-corrected chi connectivity index (χ2v) is 4.55. The molecule has 16 heavy (non-hydrogen) atoms. The summed E-state index contributed by atoms with van der Waals surface area (Å²) in [6.45, 7) is 7.51. The number of morpholine rings is 1. The molecular weight excluding hydrogens is 206 g/mol. The molecule has 3 unspecified atom stereocenters. The topological polar surface area (TPSA) is 49.8 Å². The van der Waals surface area contributed by atoms with Gasteiger partial charge in [-0.15, -0.1) is 0 Å². The molecule has 94 valence electrons. The second-order valence-electron chi connectivity index (χ2n) is 4.55. The molecule has 0 radical (unpaired) electrons. The fraction of sp³-hybridized carbons (Fsp3) is 0.917. The van der Waals surface area contributed by atoms with Gasteiger partial charge >= 0.3 is 5.97 Å². The van der Waals surface area contributed by atoms with Crippen LogP contribution < -0.4 is 0 Å². The third kappa shape index (κ3) is 3.19. The van der Waals surface area contributed by atoms with Crippen LogP contribution in [0, 0.1) is 0 Å². The quantitative estimate of drug-likeness (QED) is 0.780. The van der Waals surface area contributed by atoms with Crippen molar-refractivity contribution in [2.45, 2.75) is 58.2 Å². The zero-order chi connectivity index (χ0) is 12.1. The highest BCUT2D eigenvalue weighted by Crippen LogP contribution is 2.20. The summed E-state index contributed by atoms with van der Waals surface area (Å²) in [5.74, 6) is -0.700. The first kappa shape index (κ1) is 13.5. The Morgan fingerprint density at radius 2 is 2.25 bits per heavy atom. The van der Waals surface area contributed by atoms with Crippen molar-refractivity contribution in [3.05, 3.63) is 0 Å². The molecule has 1 aliphatic heterocycles. The van der Waals surface area contributed by atoms with Crippen molar-refractivity contribution in [3.8, 4) is 0 Å². The lowest BCUT2D eigenvalue weighted by atomic mass is 10.0. The summed E-state index contributed by atoms with van der Waals surface area (Å²) in [5.41, 5.74) is 0. The van der Waals surface area contributed by atoms with E-state index >= 15 is 0 Å². The first-order chi connectivity index (χ1) is 7.60. The molecule has 0 aromatic heterocycles. The van der Waals surface area contributed by atoms with Crippen LogP contribution in [0.3, 0.4) is 0 Å². The summed E-state index contributed by atoms with van der Waals surface area (Å²) in [5, 5.41) is 9.27. The maximum Gasteiger partial charge on any atom is 0.320 e. The highest BCUT2D eigenvalue weighted by molar-refractivity contribution is 5.73. The van der Waals surface area contributed by atoms with Crippen LogP contribution in [0.4, 0.5) is 0 Å². The molecule has 0 bridgehead atoms. The fourth-order valence-electron chi connectivity index (χ4n) is 2.31. The Morgan fingerprint density at radius 3 is 2.75 bits per heavy atom. The molecule has 1 rings (SSSR count). The van der Waals surface area contributed by atoms with Crippen LogP contribution in [0.5, 0.6) is 0 Å². The van der Waals surface area contributed by atoms with Gasteiger partial charge in [-0.1, -0.05) is 20.3 Å².